The molecule has 0 saturated heterocycles. The predicted molar refractivity (Wildman–Crippen MR) is 161 cm³/mol. The first-order chi connectivity index (χ1) is 18.6. The summed E-state index contributed by atoms with van der Waals surface area (Å²) in [5, 5.41) is 23.7. The fourth-order valence-corrected chi connectivity index (χ4v) is 3.22. The lowest BCUT2D eigenvalue weighted by atomic mass is 9.88. The number of carbonyl (C=O) groups excluding carboxylic acids is 1. The van der Waals surface area contributed by atoms with Crippen molar-refractivity contribution in [2.75, 3.05) is 13.1 Å². The third kappa shape index (κ3) is 17.8. The number of hydrogen-bond acceptors (Lipinski definition) is 5. The number of allylic oxidation sites excluding steroid dienone is 8. The second-order valence-electron chi connectivity index (χ2n) is 9.15. The molecule has 0 aromatic carbocycles. The molecule has 0 aromatic heterocycles. The number of carboxylic acid groups (broad SMARTS) is 1. The van der Waals surface area contributed by atoms with Gasteiger partial charge in [0.1, 0.15) is 0 Å². The zero-order valence-corrected chi connectivity index (χ0v) is 23.7. The summed E-state index contributed by atoms with van der Waals surface area (Å²) in [6, 6.07) is 2.03. The highest BCUT2D eigenvalue weighted by molar-refractivity contribution is 5.82. The first kappa shape index (κ1) is 34.8. The predicted octanol–water partition coefficient (Wildman–Crippen LogP) is 5.82. The summed E-state index contributed by atoms with van der Waals surface area (Å²) >= 11 is 0. The molecule has 0 aromatic rings. The summed E-state index contributed by atoms with van der Waals surface area (Å²) < 4.78 is 0. The van der Waals surface area contributed by atoms with E-state index in [9.17, 15) is 9.59 Å². The molecule has 2 unspecified atom stereocenters. The van der Waals surface area contributed by atoms with E-state index in [-0.39, 0.29) is 17.7 Å². The largest absolute Gasteiger partial charge is 0.481 e. The third-order valence-corrected chi connectivity index (χ3v) is 5.39. The molecule has 210 valence electrons. The number of nitrogens with one attached hydrogen (secondary N) is 2. The Morgan fingerprint density at radius 3 is 2.54 bits per heavy atom. The molecule has 8 heteroatoms. The van der Waals surface area contributed by atoms with Crippen molar-refractivity contribution in [2.45, 2.75) is 53.4 Å². The fourth-order valence-electron chi connectivity index (χ4n) is 3.22. The van der Waals surface area contributed by atoms with Gasteiger partial charge in [-0.05, 0) is 46.1 Å². The minimum Gasteiger partial charge on any atom is -0.481 e. The molecule has 0 aliphatic rings. The second-order valence-corrected chi connectivity index (χ2v) is 9.15. The van der Waals surface area contributed by atoms with Crippen molar-refractivity contribution >= 4 is 23.9 Å². The Kier molecular flexibility index (Phi) is 18.5. The molecule has 0 saturated carbocycles. The normalized spacial score (nSPS) is 15.4. The summed E-state index contributed by atoms with van der Waals surface area (Å²) in [4.78, 5) is 32.3. The Bertz CT molecular complexity index is 1070. The van der Waals surface area contributed by atoms with Crippen LogP contribution in [-0.2, 0) is 9.59 Å². The topological polar surface area (TPSA) is 127 Å². The van der Waals surface area contributed by atoms with Gasteiger partial charge in [-0.1, -0.05) is 61.6 Å². The first-order valence-corrected chi connectivity index (χ1v) is 12.9. The molecule has 1 amide bonds. The Labute approximate surface area is 233 Å². The Balaban J connectivity index is 5.44. The van der Waals surface area contributed by atoms with Crippen LogP contribution in [0.2, 0.25) is 0 Å². The highest BCUT2D eigenvalue weighted by Gasteiger charge is 2.16. The van der Waals surface area contributed by atoms with Gasteiger partial charge in [-0.2, -0.15) is 5.26 Å². The van der Waals surface area contributed by atoms with Crippen LogP contribution in [0.4, 0.5) is 0 Å². The number of amides is 1. The molecule has 0 rings (SSSR count). The van der Waals surface area contributed by atoms with E-state index in [4.69, 9.17) is 10.4 Å². The van der Waals surface area contributed by atoms with Crippen LogP contribution < -0.4 is 10.6 Å². The van der Waals surface area contributed by atoms with Crippen LogP contribution in [-0.4, -0.2) is 42.1 Å². The van der Waals surface area contributed by atoms with Gasteiger partial charge in [0.15, 0.2) is 0 Å². The van der Waals surface area contributed by atoms with Crippen molar-refractivity contribution in [1.29, 1.82) is 5.26 Å². The lowest BCUT2D eigenvalue weighted by molar-refractivity contribution is -0.137. The monoisotopic (exact) mass is 533 g/mol. The van der Waals surface area contributed by atoms with Crippen molar-refractivity contribution in [3.8, 4) is 6.07 Å². The molecule has 8 nitrogen and oxygen atoms in total. The molecule has 0 fully saturated rings. The van der Waals surface area contributed by atoms with Crippen molar-refractivity contribution in [1.82, 2.24) is 10.6 Å². The summed E-state index contributed by atoms with van der Waals surface area (Å²) in [5.74, 6) is -0.866. The summed E-state index contributed by atoms with van der Waals surface area (Å²) in [6.07, 6.45) is 21.2. The second kappa shape index (κ2) is 20.8. The number of nitriles is 1. The molecule has 0 bridgehead atoms. The van der Waals surface area contributed by atoms with Gasteiger partial charge in [0.25, 0.3) is 0 Å². The molecule has 39 heavy (non-hydrogen) atoms. The maximum atomic E-state index is 13.0. The summed E-state index contributed by atoms with van der Waals surface area (Å²) in [7, 11) is 0. The maximum Gasteiger partial charge on any atom is 0.303 e. The van der Waals surface area contributed by atoms with Crippen LogP contribution >= 0.6 is 0 Å². The van der Waals surface area contributed by atoms with Crippen molar-refractivity contribution < 1.29 is 14.7 Å². The fraction of sp³-hybridized carbons (Fsp3) is 0.387. The Morgan fingerprint density at radius 2 is 1.92 bits per heavy atom. The Morgan fingerprint density at radius 1 is 1.18 bits per heavy atom. The van der Waals surface area contributed by atoms with E-state index in [2.05, 4.69) is 46.8 Å². The van der Waals surface area contributed by atoms with Gasteiger partial charge >= 0.3 is 5.97 Å². The number of aliphatic carboxylic acids is 1. The molecule has 3 N–H and O–H groups in total. The molecule has 0 spiro atoms. The van der Waals surface area contributed by atoms with Gasteiger partial charge in [-0.25, -0.2) is 4.99 Å². The standard InChI is InChI=1S/C31H43N5O3/c1-7-17-31(6,18-8-2)24-33-19-10-12-28(16-21-35-26(5)34-20-11-13-29(37)38)30(39)36-23-25(4)14-15-27(9-3)22-32/h7-10,14-16,18-19,21,24,28H,1,3,11-13,17,20,23H2,2,4-6H3,(H,34,35)(H,36,39)(H,37,38)/b18-8-,19-10+,21-16+,25-14+,27-15+,33-24+. The van der Waals surface area contributed by atoms with E-state index < -0.39 is 11.9 Å². The van der Waals surface area contributed by atoms with E-state index in [0.29, 0.717) is 37.3 Å². The zero-order valence-electron chi connectivity index (χ0n) is 23.7. The average Bonchev–Trinajstić information content (AvgIpc) is 2.89. The van der Waals surface area contributed by atoms with Crippen molar-refractivity contribution in [3.05, 3.63) is 85.3 Å². The van der Waals surface area contributed by atoms with E-state index in [1.165, 1.54) is 6.08 Å². The van der Waals surface area contributed by atoms with Crippen LogP contribution in [0, 0.1) is 22.7 Å². The maximum absolute atomic E-state index is 13.0. The zero-order chi connectivity index (χ0) is 29.5. The van der Waals surface area contributed by atoms with Gasteiger partial charge in [-0.3, -0.25) is 14.6 Å². The lowest BCUT2D eigenvalue weighted by Crippen LogP contribution is -2.30. The molecule has 0 heterocycles. The SMILES string of the molecule is C=CCC(C)(/C=C\C)/C=N/C=C/CC(/C=C/N=C(\C)NCCCC(=O)O)C(=O)NC/C(C)=C/C=C(/C#N)C=C. The molecule has 2 atom stereocenters. The van der Waals surface area contributed by atoms with Gasteiger partial charge in [0.05, 0.1) is 23.4 Å². The van der Waals surface area contributed by atoms with Crippen LogP contribution in [0.3, 0.4) is 0 Å². The molecular formula is C31H43N5O3. The van der Waals surface area contributed by atoms with Crippen LogP contribution in [0.15, 0.2) is 95.3 Å². The molecular weight excluding hydrogens is 490 g/mol. The number of hydrogen-bond donors (Lipinski definition) is 3. The summed E-state index contributed by atoms with van der Waals surface area (Å²) in [6.45, 7) is 15.9. The Hall–Kier alpha value is -4.25. The van der Waals surface area contributed by atoms with Gasteiger partial charge in [0, 0.05) is 43.5 Å². The third-order valence-electron chi connectivity index (χ3n) is 5.39. The number of nitrogens with zero attached hydrogens (tertiary/aromatic N) is 3. The van der Waals surface area contributed by atoms with Crippen LogP contribution in [0.1, 0.15) is 53.4 Å². The average molecular weight is 534 g/mol. The number of aliphatic imine (C=N–C) groups is 2. The number of carboxylic acids is 1. The van der Waals surface area contributed by atoms with Crippen molar-refractivity contribution in [2.24, 2.45) is 21.3 Å². The summed E-state index contributed by atoms with van der Waals surface area (Å²) in [5.41, 5.74) is 1.10. The molecule has 0 aliphatic heterocycles. The van der Waals surface area contributed by atoms with E-state index >= 15 is 0 Å². The van der Waals surface area contributed by atoms with Gasteiger partial charge in [-0.15, -0.1) is 6.58 Å². The number of rotatable bonds is 18. The lowest BCUT2D eigenvalue weighted by Gasteiger charge is -2.17. The highest BCUT2D eigenvalue weighted by atomic mass is 16.4. The molecule has 0 radical (unpaired) electrons. The first-order valence-electron chi connectivity index (χ1n) is 12.9. The smallest absolute Gasteiger partial charge is 0.303 e. The van der Waals surface area contributed by atoms with E-state index in [1.54, 1.807) is 37.6 Å². The highest BCUT2D eigenvalue weighted by Crippen LogP contribution is 2.21. The van der Waals surface area contributed by atoms with Gasteiger partial charge in [0.2, 0.25) is 5.91 Å². The van der Waals surface area contributed by atoms with Crippen LogP contribution in [0.5, 0.6) is 0 Å². The minimum atomic E-state index is -0.836. The number of carbonyl (C=O) groups is 2. The van der Waals surface area contributed by atoms with Crippen molar-refractivity contribution in [3.63, 3.8) is 0 Å². The quantitative estimate of drug-likeness (QED) is 0.0511. The number of amidine groups is 1. The van der Waals surface area contributed by atoms with Gasteiger partial charge < -0.3 is 15.7 Å². The van der Waals surface area contributed by atoms with E-state index in [1.807, 2.05) is 44.4 Å². The van der Waals surface area contributed by atoms with E-state index in [0.717, 1.165) is 12.0 Å². The molecule has 0 aliphatic carbocycles. The minimum absolute atomic E-state index is 0.0870. The van der Waals surface area contributed by atoms with Crippen LogP contribution in [0.25, 0.3) is 0 Å².